The van der Waals surface area contributed by atoms with Crippen LogP contribution >= 0.6 is 0 Å². The lowest BCUT2D eigenvalue weighted by atomic mass is 9.81. The van der Waals surface area contributed by atoms with E-state index < -0.39 is 17.8 Å². The number of hydrogen-bond acceptors (Lipinski definition) is 5. The second-order valence-electron chi connectivity index (χ2n) is 5.96. The maximum absolute atomic E-state index is 12.3. The number of nitrogens with zero attached hydrogens (tertiary/aromatic N) is 3. The number of aromatic nitrogens is 2. The van der Waals surface area contributed by atoms with Crippen LogP contribution in [0.4, 0.5) is 0 Å². The van der Waals surface area contributed by atoms with E-state index in [1.807, 2.05) is 6.92 Å². The van der Waals surface area contributed by atoms with Crippen LogP contribution in [0.5, 0.6) is 6.01 Å². The van der Waals surface area contributed by atoms with Crippen LogP contribution in [0, 0.1) is 18.8 Å². The number of piperidine rings is 1. The Bertz CT molecular complexity index is 621. The van der Waals surface area contributed by atoms with Gasteiger partial charge in [0.25, 0.3) is 0 Å². The molecule has 0 radical (unpaired) electrons. The van der Waals surface area contributed by atoms with Gasteiger partial charge in [-0.25, -0.2) is 9.97 Å². The first-order chi connectivity index (χ1) is 11.0. The second-order valence-corrected chi connectivity index (χ2v) is 5.96. The molecule has 0 spiro atoms. The third-order valence-electron chi connectivity index (χ3n) is 4.27. The summed E-state index contributed by atoms with van der Waals surface area (Å²) in [6.07, 6.45) is 8.01. The van der Waals surface area contributed by atoms with Crippen molar-refractivity contribution in [2.24, 2.45) is 11.8 Å². The summed E-state index contributed by atoms with van der Waals surface area (Å²) >= 11 is 0. The average molecular weight is 317 g/mol. The molecule has 23 heavy (non-hydrogen) atoms. The maximum atomic E-state index is 12.3. The molecule has 122 valence electrons. The van der Waals surface area contributed by atoms with Gasteiger partial charge in [-0.15, -0.1) is 0 Å². The molecule has 7 nitrogen and oxygen atoms in total. The van der Waals surface area contributed by atoms with Crippen molar-refractivity contribution in [2.45, 2.75) is 25.9 Å². The molecule has 1 aliphatic carbocycles. The van der Waals surface area contributed by atoms with Gasteiger partial charge in [-0.1, -0.05) is 12.2 Å². The maximum Gasteiger partial charge on any atom is 0.316 e. The summed E-state index contributed by atoms with van der Waals surface area (Å²) in [4.78, 5) is 33.3. The molecule has 0 unspecified atom stereocenters. The number of aryl methyl sites for hydroxylation is 1. The minimum Gasteiger partial charge on any atom is -0.481 e. The summed E-state index contributed by atoms with van der Waals surface area (Å²) in [5.74, 6) is -2.26. The number of aliphatic carboxylic acids is 1. The molecule has 7 heteroatoms. The van der Waals surface area contributed by atoms with Crippen LogP contribution in [0.1, 0.15) is 18.4 Å². The zero-order valence-electron chi connectivity index (χ0n) is 12.9. The molecular formula is C16H19N3O4. The third kappa shape index (κ3) is 3.33. The summed E-state index contributed by atoms with van der Waals surface area (Å²) in [5.41, 5.74) is 0.972. The second kappa shape index (κ2) is 6.36. The van der Waals surface area contributed by atoms with Gasteiger partial charge in [0.05, 0.1) is 11.8 Å². The van der Waals surface area contributed by atoms with Gasteiger partial charge in [0, 0.05) is 38.3 Å². The van der Waals surface area contributed by atoms with Crippen molar-refractivity contribution < 1.29 is 19.4 Å². The van der Waals surface area contributed by atoms with Crippen LogP contribution < -0.4 is 4.74 Å². The van der Waals surface area contributed by atoms with Crippen LogP contribution in [-0.2, 0) is 9.59 Å². The van der Waals surface area contributed by atoms with Gasteiger partial charge >= 0.3 is 12.0 Å². The van der Waals surface area contributed by atoms with Crippen molar-refractivity contribution >= 4 is 11.9 Å². The Balaban J connectivity index is 1.50. The predicted octanol–water partition coefficient (Wildman–Crippen LogP) is 1.04. The predicted molar refractivity (Wildman–Crippen MR) is 80.8 cm³/mol. The van der Waals surface area contributed by atoms with Crippen LogP contribution in [0.3, 0.4) is 0 Å². The van der Waals surface area contributed by atoms with Gasteiger partial charge in [-0.3, -0.25) is 9.59 Å². The van der Waals surface area contributed by atoms with Crippen LogP contribution in [0.2, 0.25) is 0 Å². The molecule has 1 aromatic heterocycles. The molecule has 0 saturated carbocycles. The quantitative estimate of drug-likeness (QED) is 0.834. The minimum absolute atomic E-state index is 0.0195. The van der Waals surface area contributed by atoms with Gasteiger partial charge in [-0.2, -0.15) is 0 Å². The van der Waals surface area contributed by atoms with E-state index in [1.165, 1.54) is 0 Å². The van der Waals surface area contributed by atoms with E-state index in [1.54, 1.807) is 29.4 Å². The Labute approximate surface area is 134 Å². The molecule has 1 aromatic rings. The third-order valence-corrected chi connectivity index (χ3v) is 4.27. The number of amides is 1. The Morgan fingerprint density at radius 1 is 1.17 bits per heavy atom. The molecule has 0 bridgehead atoms. The first-order valence-corrected chi connectivity index (χ1v) is 7.70. The molecule has 3 rings (SSSR count). The van der Waals surface area contributed by atoms with E-state index in [9.17, 15) is 9.59 Å². The molecular weight excluding hydrogens is 298 g/mol. The fourth-order valence-corrected chi connectivity index (χ4v) is 2.80. The standard InChI is InChI=1S/C16H19N3O4/c1-10-8-17-16(18-9-10)23-11-4-6-19(7-5-11)14(20)12-2-3-13(12)15(21)22/h2-3,8-9,11-13H,4-7H2,1H3,(H,21,22)/t12-,13+/m1/s1. The molecule has 2 atom stereocenters. The lowest BCUT2D eigenvalue weighted by molar-refractivity contribution is -0.148. The van der Waals surface area contributed by atoms with Gasteiger partial charge in [0.1, 0.15) is 6.10 Å². The van der Waals surface area contributed by atoms with Gasteiger partial charge in [0.15, 0.2) is 0 Å². The number of carbonyl (C=O) groups excluding carboxylic acids is 1. The number of ether oxygens (including phenoxy) is 1. The molecule has 0 aromatic carbocycles. The number of rotatable bonds is 4. The minimum atomic E-state index is -0.944. The van der Waals surface area contributed by atoms with Crippen molar-refractivity contribution in [1.29, 1.82) is 0 Å². The molecule has 1 aliphatic heterocycles. The Morgan fingerprint density at radius 2 is 1.78 bits per heavy atom. The summed E-state index contributed by atoms with van der Waals surface area (Å²) < 4.78 is 5.73. The van der Waals surface area contributed by atoms with E-state index in [0.717, 1.165) is 5.56 Å². The lowest BCUT2D eigenvalue weighted by Gasteiger charge is -2.36. The summed E-state index contributed by atoms with van der Waals surface area (Å²) in [6, 6.07) is 0.355. The van der Waals surface area contributed by atoms with E-state index in [4.69, 9.17) is 9.84 Å². The van der Waals surface area contributed by atoms with E-state index >= 15 is 0 Å². The van der Waals surface area contributed by atoms with E-state index in [0.29, 0.717) is 31.9 Å². The molecule has 2 aliphatic rings. The van der Waals surface area contributed by atoms with Gasteiger partial charge < -0.3 is 14.7 Å². The number of carboxylic acids is 1. The first kappa shape index (κ1) is 15.5. The summed E-state index contributed by atoms with van der Waals surface area (Å²) in [7, 11) is 0. The lowest BCUT2D eigenvalue weighted by Crippen LogP contribution is -2.47. The fourth-order valence-electron chi connectivity index (χ4n) is 2.80. The van der Waals surface area contributed by atoms with Crippen molar-refractivity contribution in [3.8, 4) is 6.01 Å². The monoisotopic (exact) mass is 317 g/mol. The molecule has 1 fully saturated rings. The summed E-state index contributed by atoms with van der Waals surface area (Å²) in [5, 5.41) is 9.02. The average Bonchev–Trinajstić information content (AvgIpc) is 2.48. The van der Waals surface area contributed by atoms with Crippen LogP contribution in [-0.4, -0.2) is 51.0 Å². The molecule has 1 N–H and O–H groups in total. The van der Waals surface area contributed by atoms with Crippen molar-refractivity contribution in [3.63, 3.8) is 0 Å². The van der Waals surface area contributed by atoms with Gasteiger partial charge in [-0.05, 0) is 12.5 Å². The van der Waals surface area contributed by atoms with Crippen LogP contribution in [0.15, 0.2) is 24.5 Å². The highest BCUT2D eigenvalue weighted by molar-refractivity contribution is 5.89. The SMILES string of the molecule is Cc1cnc(OC2CCN(C(=O)[C@@H]3C=C[C@@H]3C(=O)O)CC2)nc1. The van der Waals surface area contributed by atoms with Gasteiger partial charge in [0.2, 0.25) is 5.91 Å². The molecule has 2 heterocycles. The first-order valence-electron chi connectivity index (χ1n) is 7.70. The number of likely N-dealkylation sites (tertiary alicyclic amines) is 1. The Kier molecular flexibility index (Phi) is 4.27. The van der Waals surface area contributed by atoms with E-state index in [2.05, 4.69) is 9.97 Å². The number of hydrogen-bond donors (Lipinski definition) is 1. The molecule has 1 saturated heterocycles. The highest BCUT2D eigenvalue weighted by Crippen LogP contribution is 2.29. The van der Waals surface area contributed by atoms with Crippen molar-refractivity contribution in [2.75, 3.05) is 13.1 Å². The highest BCUT2D eigenvalue weighted by Gasteiger charge is 2.39. The topological polar surface area (TPSA) is 92.6 Å². The molecule has 1 amide bonds. The Hall–Kier alpha value is -2.44. The normalized spacial score (nSPS) is 24.1. The zero-order chi connectivity index (χ0) is 16.4. The van der Waals surface area contributed by atoms with Crippen molar-refractivity contribution in [3.05, 3.63) is 30.1 Å². The highest BCUT2D eigenvalue weighted by atomic mass is 16.5. The number of carboxylic acid groups (broad SMARTS) is 1. The van der Waals surface area contributed by atoms with E-state index in [-0.39, 0.29) is 12.0 Å². The van der Waals surface area contributed by atoms with Crippen LogP contribution in [0.25, 0.3) is 0 Å². The summed E-state index contributed by atoms with van der Waals surface area (Å²) in [6.45, 7) is 3.03. The largest absolute Gasteiger partial charge is 0.481 e. The Morgan fingerprint density at radius 3 is 2.30 bits per heavy atom. The fraction of sp³-hybridized carbons (Fsp3) is 0.500. The van der Waals surface area contributed by atoms with Crippen molar-refractivity contribution in [1.82, 2.24) is 14.9 Å². The zero-order valence-corrected chi connectivity index (χ0v) is 12.9. The smallest absolute Gasteiger partial charge is 0.316 e. The number of carbonyl (C=O) groups is 2.